The fraction of sp³-hybridized carbons (Fsp3) is 0.214. The first kappa shape index (κ1) is 20.3. The van der Waals surface area contributed by atoms with Gasteiger partial charge in [-0.05, 0) is 34.8 Å². The molecule has 1 atom stereocenters. The Morgan fingerprint density at radius 2 is 1.56 bits per heavy atom. The number of benzene rings is 3. The van der Waals surface area contributed by atoms with Crippen molar-refractivity contribution < 1.29 is 9.59 Å². The molecule has 32 heavy (non-hydrogen) atoms. The molecular weight excluding hydrogens is 396 g/mol. The summed E-state index contributed by atoms with van der Waals surface area (Å²) in [6, 6.07) is 27.5. The highest BCUT2D eigenvalue weighted by molar-refractivity contribution is 6.01. The second-order valence-electron chi connectivity index (χ2n) is 8.43. The van der Waals surface area contributed by atoms with E-state index in [1.165, 1.54) is 11.1 Å². The highest BCUT2D eigenvalue weighted by Crippen LogP contribution is 2.28. The van der Waals surface area contributed by atoms with E-state index in [0.717, 1.165) is 17.5 Å². The molecule has 2 amide bonds. The number of amides is 2. The highest BCUT2D eigenvalue weighted by atomic mass is 16.2. The summed E-state index contributed by atoms with van der Waals surface area (Å²) in [6.07, 6.45) is 3.49. The minimum Gasteiger partial charge on any atom is -0.337 e. The maximum Gasteiger partial charge on any atom is 0.255 e. The first-order chi connectivity index (χ1) is 15.7. The fourth-order valence-electron chi connectivity index (χ4n) is 4.69. The molecule has 0 saturated carbocycles. The molecule has 4 heteroatoms. The topological polar surface area (TPSA) is 40.6 Å². The molecule has 160 valence electrons. The van der Waals surface area contributed by atoms with Gasteiger partial charge in [0.25, 0.3) is 5.91 Å². The Bertz CT molecular complexity index is 1150. The predicted molar refractivity (Wildman–Crippen MR) is 126 cm³/mol. The van der Waals surface area contributed by atoms with Crippen LogP contribution in [0.15, 0.2) is 91.0 Å². The number of carbonyl (C=O) groups excluding carboxylic acids is 2. The summed E-state index contributed by atoms with van der Waals surface area (Å²) < 4.78 is 0. The third kappa shape index (κ3) is 3.96. The molecule has 0 bridgehead atoms. The standard InChI is InChI=1S/C28H26N2O2/c31-27-25-14-8-7-13-24(25)20-30(27)26(19-21-9-3-1-4-10-21)28(32)29-17-15-23(16-18-29)22-11-5-2-6-12-22/h1-15,26H,16-20H2/t26-/m1/s1. The van der Waals surface area contributed by atoms with Crippen LogP contribution < -0.4 is 0 Å². The SMILES string of the molecule is O=C([C@@H](Cc1ccccc1)N1Cc2ccccc2C1=O)N1CC=C(c2ccccc2)CC1. The highest BCUT2D eigenvalue weighted by Gasteiger charge is 2.38. The smallest absolute Gasteiger partial charge is 0.255 e. The van der Waals surface area contributed by atoms with Crippen molar-refractivity contribution in [2.75, 3.05) is 13.1 Å². The molecule has 0 spiro atoms. The van der Waals surface area contributed by atoms with E-state index >= 15 is 0 Å². The van der Waals surface area contributed by atoms with E-state index in [-0.39, 0.29) is 11.8 Å². The van der Waals surface area contributed by atoms with Gasteiger partial charge in [0.15, 0.2) is 0 Å². The van der Waals surface area contributed by atoms with Crippen LogP contribution in [0.3, 0.4) is 0 Å². The number of hydrogen-bond donors (Lipinski definition) is 0. The van der Waals surface area contributed by atoms with Gasteiger partial charge in [0.05, 0.1) is 0 Å². The van der Waals surface area contributed by atoms with Crippen molar-refractivity contribution in [3.05, 3.63) is 113 Å². The lowest BCUT2D eigenvalue weighted by Gasteiger charge is -2.34. The van der Waals surface area contributed by atoms with Gasteiger partial charge in [0.1, 0.15) is 6.04 Å². The average Bonchev–Trinajstić information content (AvgIpc) is 3.20. The molecule has 0 unspecified atom stereocenters. The van der Waals surface area contributed by atoms with Crippen molar-refractivity contribution in [2.24, 2.45) is 0 Å². The van der Waals surface area contributed by atoms with Crippen molar-refractivity contribution in [3.63, 3.8) is 0 Å². The summed E-state index contributed by atoms with van der Waals surface area (Å²) >= 11 is 0. The normalized spacial score (nSPS) is 16.5. The number of nitrogens with zero attached hydrogens (tertiary/aromatic N) is 2. The van der Waals surface area contributed by atoms with Crippen molar-refractivity contribution in [2.45, 2.75) is 25.4 Å². The quantitative estimate of drug-likeness (QED) is 0.604. The lowest BCUT2D eigenvalue weighted by molar-refractivity contribution is -0.135. The molecule has 0 N–H and O–H groups in total. The molecule has 0 radical (unpaired) electrons. The van der Waals surface area contributed by atoms with Gasteiger partial charge in [-0.25, -0.2) is 0 Å². The molecule has 0 saturated heterocycles. The van der Waals surface area contributed by atoms with Crippen molar-refractivity contribution >= 4 is 17.4 Å². The van der Waals surface area contributed by atoms with Crippen LogP contribution >= 0.6 is 0 Å². The summed E-state index contributed by atoms with van der Waals surface area (Å²) in [5, 5.41) is 0. The summed E-state index contributed by atoms with van der Waals surface area (Å²) in [4.78, 5) is 30.6. The van der Waals surface area contributed by atoms with E-state index in [2.05, 4.69) is 18.2 Å². The molecular formula is C28H26N2O2. The van der Waals surface area contributed by atoms with Crippen LogP contribution in [0.5, 0.6) is 0 Å². The van der Waals surface area contributed by atoms with Gasteiger partial charge in [-0.1, -0.05) is 84.9 Å². The van der Waals surface area contributed by atoms with Crippen molar-refractivity contribution in [1.82, 2.24) is 9.80 Å². The van der Waals surface area contributed by atoms with Gasteiger partial charge < -0.3 is 9.80 Å². The maximum absolute atomic E-state index is 13.7. The Kier molecular flexibility index (Phi) is 5.59. The van der Waals surface area contributed by atoms with Crippen molar-refractivity contribution in [3.8, 4) is 0 Å². The van der Waals surface area contributed by atoms with E-state index in [4.69, 9.17) is 0 Å². The van der Waals surface area contributed by atoms with E-state index in [1.807, 2.05) is 77.7 Å². The van der Waals surface area contributed by atoms with Crippen LogP contribution in [0.4, 0.5) is 0 Å². The Hall–Kier alpha value is -3.66. The van der Waals surface area contributed by atoms with Crippen LogP contribution in [0.2, 0.25) is 0 Å². The van der Waals surface area contributed by atoms with Gasteiger partial charge in [-0.2, -0.15) is 0 Å². The van der Waals surface area contributed by atoms with Gasteiger partial charge in [0, 0.05) is 31.6 Å². The molecule has 3 aromatic carbocycles. The van der Waals surface area contributed by atoms with Crippen LogP contribution in [0.1, 0.15) is 33.5 Å². The monoisotopic (exact) mass is 422 g/mol. The lowest BCUT2D eigenvalue weighted by atomic mass is 9.98. The minimum absolute atomic E-state index is 0.0263. The lowest BCUT2D eigenvalue weighted by Crippen LogP contribution is -2.51. The number of hydrogen-bond acceptors (Lipinski definition) is 2. The fourth-order valence-corrected chi connectivity index (χ4v) is 4.69. The second-order valence-corrected chi connectivity index (χ2v) is 8.43. The van der Waals surface area contributed by atoms with Crippen LogP contribution in [-0.2, 0) is 17.8 Å². The van der Waals surface area contributed by atoms with Gasteiger partial charge in [0.2, 0.25) is 5.91 Å². The molecule has 2 aliphatic heterocycles. The number of carbonyl (C=O) groups is 2. The predicted octanol–water partition coefficient (Wildman–Crippen LogP) is 4.57. The van der Waals surface area contributed by atoms with E-state index in [1.54, 1.807) is 4.90 Å². The zero-order valence-corrected chi connectivity index (χ0v) is 18.0. The molecule has 5 rings (SSSR count). The Morgan fingerprint density at radius 1 is 0.875 bits per heavy atom. The first-order valence-corrected chi connectivity index (χ1v) is 11.2. The van der Waals surface area contributed by atoms with E-state index in [9.17, 15) is 9.59 Å². The Morgan fingerprint density at radius 3 is 2.25 bits per heavy atom. The molecule has 3 aromatic rings. The van der Waals surface area contributed by atoms with Crippen LogP contribution in [0.25, 0.3) is 5.57 Å². The van der Waals surface area contributed by atoms with E-state index < -0.39 is 6.04 Å². The van der Waals surface area contributed by atoms with Gasteiger partial charge in [-0.3, -0.25) is 9.59 Å². The largest absolute Gasteiger partial charge is 0.337 e. The molecule has 2 heterocycles. The number of rotatable bonds is 5. The summed E-state index contributed by atoms with van der Waals surface area (Å²) in [7, 11) is 0. The third-order valence-electron chi connectivity index (χ3n) is 6.45. The van der Waals surface area contributed by atoms with Crippen LogP contribution in [-0.4, -0.2) is 40.7 Å². The van der Waals surface area contributed by atoms with E-state index in [0.29, 0.717) is 31.6 Å². The molecule has 0 fully saturated rings. The second kappa shape index (κ2) is 8.83. The zero-order valence-electron chi connectivity index (χ0n) is 18.0. The average molecular weight is 423 g/mol. The minimum atomic E-state index is -0.510. The Balaban J connectivity index is 1.39. The zero-order chi connectivity index (χ0) is 21.9. The molecule has 2 aliphatic rings. The van der Waals surface area contributed by atoms with Gasteiger partial charge >= 0.3 is 0 Å². The van der Waals surface area contributed by atoms with Crippen LogP contribution in [0, 0.1) is 0 Å². The molecule has 0 aromatic heterocycles. The third-order valence-corrected chi connectivity index (χ3v) is 6.45. The summed E-state index contributed by atoms with van der Waals surface area (Å²) in [5.41, 5.74) is 5.26. The Labute approximate surface area is 188 Å². The van der Waals surface area contributed by atoms with Gasteiger partial charge in [-0.15, -0.1) is 0 Å². The first-order valence-electron chi connectivity index (χ1n) is 11.2. The van der Waals surface area contributed by atoms with Crippen molar-refractivity contribution in [1.29, 1.82) is 0 Å². The summed E-state index contributed by atoms with van der Waals surface area (Å²) in [5.74, 6) is -0.0224. The molecule has 4 nitrogen and oxygen atoms in total. The number of fused-ring (bicyclic) bond motifs is 1. The summed E-state index contributed by atoms with van der Waals surface area (Å²) in [6.45, 7) is 1.72. The maximum atomic E-state index is 13.7. The molecule has 0 aliphatic carbocycles.